The summed E-state index contributed by atoms with van der Waals surface area (Å²) in [4.78, 5) is 13.1. The summed E-state index contributed by atoms with van der Waals surface area (Å²) in [6.45, 7) is 1.69. The van der Waals surface area contributed by atoms with Crippen LogP contribution in [0, 0.1) is 11.6 Å². The molecular formula is C12H11F2NO3S. The third-order valence-electron chi connectivity index (χ3n) is 2.24. The lowest BCUT2D eigenvalue weighted by atomic mass is 10.3. The van der Waals surface area contributed by atoms with Gasteiger partial charge in [0.2, 0.25) is 5.82 Å². The van der Waals surface area contributed by atoms with Crippen LogP contribution in [-0.2, 0) is 5.75 Å². The van der Waals surface area contributed by atoms with Crippen molar-refractivity contribution in [2.45, 2.75) is 18.1 Å². The number of H-pyrrole nitrogens is 1. The van der Waals surface area contributed by atoms with E-state index in [0.717, 1.165) is 6.07 Å². The molecule has 1 aromatic carbocycles. The number of thioether (sulfide) groups is 1. The normalized spacial score (nSPS) is 12.4. The second kappa shape index (κ2) is 5.92. The van der Waals surface area contributed by atoms with Gasteiger partial charge in [-0.2, -0.15) is 4.39 Å². The highest BCUT2D eigenvalue weighted by Gasteiger charge is 2.13. The van der Waals surface area contributed by atoms with Crippen LogP contribution in [0.1, 0.15) is 12.7 Å². The zero-order valence-corrected chi connectivity index (χ0v) is 10.8. The molecule has 0 aliphatic heterocycles. The minimum atomic E-state index is -1.01. The molecule has 1 unspecified atom stereocenters. The number of benzene rings is 1. The largest absolute Gasteiger partial charge is 0.477 e. The van der Waals surface area contributed by atoms with Crippen molar-refractivity contribution in [2.75, 3.05) is 0 Å². The van der Waals surface area contributed by atoms with Crippen molar-refractivity contribution in [2.24, 2.45) is 0 Å². The first-order valence-corrected chi connectivity index (χ1v) is 6.51. The number of halogens is 2. The molecule has 0 aliphatic rings. The number of aromatic amines is 1. The molecule has 4 nitrogen and oxygen atoms in total. The standard InChI is InChI=1S/C12H11F2NO3S/c1-7(19-6-8-5-15-12(16)18-8)17-10-4-2-3-9(13)11(10)14/h2-5,7H,6H2,1H3,(H,15,16). The average molecular weight is 287 g/mol. The van der Waals surface area contributed by atoms with E-state index >= 15 is 0 Å². The van der Waals surface area contributed by atoms with Gasteiger partial charge in [-0.1, -0.05) is 6.07 Å². The van der Waals surface area contributed by atoms with Gasteiger partial charge in [-0.05, 0) is 19.1 Å². The summed E-state index contributed by atoms with van der Waals surface area (Å²) < 4.78 is 36.4. The van der Waals surface area contributed by atoms with Crippen molar-refractivity contribution in [3.63, 3.8) is 0 Å². The van der Waals surface area contributed by atoms with Crippen LogP contribution in [0.4, 0.5) is 8.78 Å². The molecule has 0 spiro atoms. The average Bonchev–Trinajstić information content (AvgIpc) is 2.78. The van der Waals surface area contributed by atoms with Gasteiger partial charge >= 0.3 is 5.76 Å². The summed E-state index contributed by atoms with van der Waals surface area (Å²) in [5.74, 6) is -1.79. The molecular weight excluding hydrogens is 276 g/mol. The molecule has 2 aromatic rings. The molecule has 0 saturated carbocycles. The van der Waals surface area contributed by atoms with Crippen LogP contribution in [0.25, 0.3) is 0 Å². The fourth-order valence-corrected chi connectivity index (χ4v) is 2.09. The van der Waals surface area contributed by atoms with Crippen molar-refractivity contribution in [1.29, 1.82) is 0 Å². The molecule has 0 bridgehead atoms. The molecule has 0 fully saturated rings. The molecule has 1 N–H and O–H groups in total. The highest BCUT2D eigenvalue weighted by molar-refractivity contribution is 7.98. The lowest BCUT2D eigenvalue weighted by molar-refractivity contribution is 0.286. The first kappa shape index (κ1) is 13.7. The van der Waals surface area contributed by atoms with E-state index in [4.69, 9.17) is 9.15 Å². The Kier molecular flexibility index (Phi) is 4.26. The number of hydrogen-bond acceptors (Lipinski definition) is 4. The molecule has 0 radical (unpaired) electrons. The van der Waals surface area contributed by atoms with Gasteiger partial charge in [0.1, 0.15) is 11.2 Å². The smallest absolute Gasteiger partial charge is 0.416 e. The van der Waals surface area contributed by atoms with Gasteiger partial charge in [-0.3, -0.25) is 4.98 Å². The number of rotatable bonds is 5. The Labute approximate surface area is 111 Å². The monoisotopic (exact) mass is 287 g/mol. The zero-order valence-electron chi connectivity index (χ0n) is 9.98. The van der Waals surface area contributed by atoms with Gasteiger partial charge in [-0.15, -0.1) is 11.8 Å². The molecule has 1 atom stereocenters. The van der Waals surface area contributed by atoms with Crippen LogP contribution in [0.15, 0.2) is 33.6 Å². The minimum Gasteiger partial charge on any atom is -0.477 e. The Morgan fingerprint density at radius 2 is 2.26 bits per heavy atom. The summed E-state index contributed by atoms with van der Waals surface area (Å²) >= 11 is 1.29. The summed E-state index contributed by atoms with van der Waals surface area (Å²) in [5.41, 5.74) is -0.420. The van der Waals surface area contributed by atoms with Crippen molar-refractivity contribution >= 4 is 11.8 Å². The van der Waals surface area contributed by atoms with E-state index in [1.165, 1.54) is 30.1 Å². The summed E-state index contributed by atoms with van der Waals surface area (Å²) in [5, 5.41) is 0. The van der Waals surface area contributed by atoms with Gasteiger partial charge in [0.15, 0.2) is 11.6 Å². The maximum absolute atomic E-state index is 13.4. The molecule has 1 aromatic heterocycles. The topological polar surface area (TPSA) is 55.2 Å². The molecule has 7 heteroatoms. The lowest BCUT2D eigenvalue weighted by Crippen LogP contribution is -2.09. The number of ether oxygens (including phenoxy) is 1. The first-order chi connectivity index (χ1) is 9.06. The van der Waals surface area contributed by atoms with Crippen molar-refractivity contribution in [3.05, 3.63) is 52.3 Å². The summed E-state index contributed by atoms with van der Waals surface area (Å²) in [7, 11) is 0. The van der Waals surface area contributed by atoms with Gasteiger partial charge in [0.05, 0.1) is 5.75 Å². The molecule has 0 saturated heterocycles. The Balaban J connectivity index is 1.92. The van der Waals surface area contributed by atoms with Crippen molar-refractivity contribution in [3.8, 4) is 5.75 Å². The molecule has 0 aliphatic carbocycles. The predicted molar refractivity (Wildman–Crippen MR) is 67.1 cm³/mol. The molecule has 2 rings (SSSR count). The Hall–Kier alpha value is -1.76. The van der Waals surface area contributed by atoms with Crippen LogP contribution < -0.4 is 10.5 Å². The molecule has 1 heterocycles. The number of hydrogen-bond donors (Lipinski definition) is 1. The second-order valence-corrected chi connectivity index (χ2v) is 4.98. The molecule has 0 amide bonds. The van der Waals surface area contributed by atoms with Crippen LogP contribution >= 0.6 is 11.8 Å². The number of aromatic nitrogens is 1. The molecule has 19 heavy (non-hydrogen) atoms. The Morgan fingerprint density at radius 1 is 1.47 bits per heavy atom. The zero-order chi connectivity index (χ0) is 13.8. The van der Waals surface area contributed by atoms with E-state index in [9.17, 15) is 13.6 Å². The molecule has 102 valence electrons. The third kappa shape index (κ3) is 3.60. The van der Waals surface area contributed by atoms with E-state index in [-0.39, 0.29) is 5.75 Å². The van der Waals surface area contributed by atoms with Gasteiger partial charge in [-0.25, -0.2) is 9.18 Å². The SMILES string of the molecule is CC(Oc1cccc(F)c1F)SCc1c[nH]c(=O)o1. The summed E-state index contributed by atoms with van der Waals surface area (Å²) in [6, 6.07) is 3.75. The fourth-order valence-electron chi connectivity index (χ4n) is 1.38. The van der Waals surface area contributed by atoms with E-state index < -0.39 is 22.8 Å². The highest BCUT2D eigenvalue weighted by atomic mass is 32.2. The Bertz CT molecular complexity index is 611. The Morgan fingerprint density at radius 3 is 2.95 bits per heavy atom. The highest BCUT2D eigenvalue weighted by Crippen LogP contribution is 2.24. The van der Waals surface area contributed by atoms with Crippen molar-refractivity contribution < 1.29 is 17.9 Å². The van der Waals surface area contributed by atoms with Gasteiger partial charge in [0, 0.05) is 6.20 Å². The maximum Gasteiger partial charge on any atom is 0.416 e. The predicted octanol–water partition coefficient (Wildman–Crippen LogP) is 2.90. The summed E-state index contributed by atoms with van der Waals surface area (Å²) in [6.07, 6.45) is 1.45. The van der Waals surface area contributed by atoms with Crippen LogP contribution in [0.3, 0.4) is 0 Å². The third-order valence-corrected chi connectivity index (χ3v) is 3.26. The quantitative estimate of drug-likeness (QED) is 0.859. The van der Waals surface area contributed by atoms with Crippen molar-refractivity contribution in [1.82, 2.24) is 4.98 Å². The van der Waals surface area contributed by atoms with Gasteiger partial charge < -0.3 is 9.15 Å². The second-order valence-electron chi connectivity index (χ2n) is 3.69. The first-order valence-electron chi connectivity index (χ1n) is 5.46. The van der Waals surface area contributed by atoms with E-state index in [0.29, 0.717) is 11.5 Å². The van der Waals surface area contributed by atoms with Crippen LogP contribution in [-0.4, -0.2) is 10.4 Å². The maximum atomic E-state index is 13.4. The van der Waals surface area contributed by atoms with E-state index in [1.54, 1.807) is 6.92 Å². The fraction of sp³-hybridized carbons (Fsp3) is 0.250. The lowest BCUT2D eigenvalue weighted by Gasteiger charge is -2.14. The van der Waals surface area contributed by atoms with E-state index in [2.05, 4.69) is 4.98 Å². The van der Waals surface area contributed by atoms with E-state index in [1.807, 2.05) is 0 Å². The minimum absolute atomic E-state index is 0.143. The van der Waals surface area contributed by atoms with Crippen LogP contribution in [0.5, 0.6) is 5.75 Å². The van der Waals surface area contributed by atoms with Gasteiger partial charge in [0.25, 0.3) is 0 Å². The van der Waals surface area contributed by atoms with Crippen LogP contribution in [0.2, 0.25) is 0 Å². The number of oxazole rings is 1. The number of nitrogens with one attached hydrogen (secondary N) is 1.